The Labute approximate surface area is 174 Å². The van der Waals surface area contributed by atoms with Crippen molar-refractivity contribution in [2.24, 2.45) is 0 Å². The quantitative estimate of drug-likeness (QED) is 0.311. The summed E-state index contributed by atoms with van der Waals surface area (Å²) in [6.07, 6.45) is 2.35. The van der Waals surface area contributed by atoms with Crippen LogP contribution < -0.4 is 0 Å². The summed E-state index contributed by atoms with van der Waals surface area (Å²) in [5, 5.41) is 38.1. The van der Waals surface area contributed by atoms with Crippen molar-refractivity contribution in [3.05, 3.63) is 53.6 Å². The van der Waals surface area contributed by atoms with Crippen molar-refractivity contribution in [3.8, 4) is 23.0 Å². The Balaban J connectivity index is 2.23. The molecule has 0 radical (unpaired) electrons. The second kappa shape index (κ2) is 9.69. The van der Waals surface area contributed by atoms with Gasteiger partial charge in [-0.05, 0) is 55.3 Å². The molecule has 1 amide bonds. The van der Waals surface area contributed by atoms with Gasteiger partial charge in [0, 0.05) is 19.5 Å². The molecule has 0 heterocycles. The molecular formula is C22H25NO7. The first-order valence-electron chi connectivity index (χ1n) is 9.26. The fourth-order valence-corrected chi connectivity index (χ4v) is 2.69. The van der Waals surface area contributed by atoms with Gasteiger partial charge in [0.25, 0.3) is 0 Å². The van der Waals surface area contributed by atoms with Crippen LogP contribution in [0.25, 0.3) is 6.08 Å². The molecule has 30 heavy (non-hydrogen) atoms. The summed E-state index contributed by atoms with van der Waals surface area (Å²) in [6.45, 7) is 3.39. The topological polar surface area (TPSA) is 128 Å². The molecule has 0 unspecified atom stereocenters. The number of carbonyl (C=O) groups is 2. The fraction of sp³-hybridized carbons (Fsp3) is 0.273. The molecular weight excluding hydrogens is 390 g/mol. The van der Waals surface area contributed by atoms with Crippen LogP contribution in [-0.2, 0) is 20.7 Å². The molecule has 0 spiro atoms. The summed E-state index contributed by atoms with van der Waals surface area (Å²) in [5.74, 6) is -2.30. The van der Waals surface area contributed by atoms with Gasteiger partial charge >= 0.3 is 5.97 Å². The van der Waals surface area contributed by atoms with E-state index in [1.165, 1.54) is 60.5 Å². The number of nitrogens with zero attached hydrogens (tertiary/aromatic N) is 1. The third-order valence-electron chi connectivity index (χ3n) is 4.33. The first kappa shape index (κ1) is 22.6. The van der Waals surface area contributed by atoms with E-state index in [0.717, 1.165) is 0 Å². The number of esters is 1. The van der Waals surface area contributed by atoms with Crippen LogP contribution in [0.5, 0.6) is 23.0 Å². The minimum atomic E-state index is -0.971. The molecule has 2 aromatic rings. The van der Waals surface area contributed by atoms with Crippen LogP contribution in [0, 0.1) is 0 Å². The van der Waals surface area contributed by atoms with Crippen molar-refractivity contribution in [1.29, 1.82) is 0 Å². The number of ether oxygens (including phenoxy) is 1. The van der Waals surface area contributed by atoms with Gasteiger partial charge in [-0.2, -0.15) is 0 Å². The Kier molecular flexibility index (Phi) is 7.30. The van der Waals surface area contributed by atoms with Gasteiger partial charge < -0.3 is 30.1 Å². The predicted octanol–water partition coefficient (Wildman–Crippen LogP) is 2.54. The molecule has 160 valence electrons. The van der Waals surface area contributed by atoms with Crippen molar-refractivity contribution in [1.82, 2.24) is 4.90 Å². The first-order valence-corrected chi connectivity index (χ1v) is 9.26. The number of amides is 1. The zero-order valence-electron chi connectivity index (χ0n) is 16.9. The Morgan fingerprint density at radius 3 is 2.13 bits per heavy atom. The molecule has 0 aromatic heterocycles. The van der Waals surface area contributed by atoms with E-state index in [4.69, 9.17) is 4.74 Å². The van der Waals surface area contributed by atoms with Crippen molar-refractivity contribution in [2.45, 2.75) is 32.4 Å². The lowest BCUT2D eigenvalue weighted by molar-refractivity contribution is -0.156. The molecule has 0 saturated heterocycles. The zero-order chi connectivity index (χ0) is 22.4. The van der Waals surface area contributed by atoms with Gasteiger partial charge in [0.2, 0.25) is 5.91 Å². The highest BCUT2D eigenvalue weighted by atomic mass is 16.5. The van der Waals surface area contributed by atoms with Crippen molar-refractivity contribution >= 4 is 18.0 Å². The van der Waals surface area contributed by atoms with Crippen LogP contribution >= 0.6 is 0 Å². The number of aromatic hydroxyl groups is 4. The largest absolute Gasteiger partial charge is 0.504 e. The van der Waals surface area contributed by atoms with Crippen LogP contribution in [0.3, 0.4) is 0 Å². The summed E-state index contributed by atoms with van der Waals surface area (Å²) < 4.78 is 5.27. The highest BCUT2D eigenvalue weighted by Gasteiger charge is 2.28. The number of hydrogen-bond acceptors (Lipinski definition) is 7. The molecule has 0 saturated carbocycles. The number of carbonyl (C=O) groups excluding carboxylic acids is 2. The summed E-state index contributed by atoms with van der Waals surface area (Å²) in [6, 6.07) is 7.29. The lowest BCUT2D eigenvalue weighted by Gasteiger charge is -2.26. The third kappa shape index (κ3) is 5.91. The van der Waals surface area contributed by atoms with E-state index in [1.807, 2.05) is 0 Å². The molecule has 0 fully saturated rings. The van der Waals surface area contributed by atoms with Gasteiger partial charge in [-0.25, -0.2) is 4.79 Å². The van der Waals surface area contributed by atoms with Crippen molar-refractivity contribution in [3.63, 3.8) is 0 Å². The van der Waals surface area contributed by atoms with E-state index in [-0.39, 0.29) is 35.5 Å². The van der Waals surface area contributed by atoms with E-state index in [2.05, 4.69) is 0 Å². The molecule has 0 aliphatic carbocycles. The van der Waals surface area contributed by atoms with Crippen LogP contribution in [0.2, 0.25) is 0 Å². The number of likely N-dealkylation sites (N-methyl/N-ethyl adjacent to an activating group) is 1. The fourth-order valence-electron chi connectivity index (χ4n) is 2.69. The zero-order valence-corrected chi connectivity index (χ0v) is 16.9. The summed E-state index contributed by atoms with van der Waals surface area (Å²) >= 11 is 0. The maximum atomic E-state index is 12.6. The smallest absolute Gasteiger partial charge is 0.329 e. The van der Waals surface area contributed by atoms with Crippen molar-refractivity contribution < 1.29 is 34.8 Å². The molecule has 8 nitrogen and oxygen atoms in total. The number of benzene rings is 2. The van der Waals surface area contributed by atoms with Gasteiger partial charge in [0.1, 0.15) is 6.04 Å². The normalized spacial score (nSPS) is 12.1. The molecule has 0 bridgehead atoms. The Morgan fingerprint density at radius 1 is 0.967 bits per heavy atom. The third-order valence-corrected chi connectivity index (χ3v) is 4.33. The lowest BCUT2D eigenvalue weighted by atomic mass is 10.0. The van der Waals surface area contributed by atoms with Crippen molar-refractivity contribution in [2.75, 3.05) is 7.05 Å². The number of phenolic OH excluding ortho intramolecular Hbond substituents is 4. The summed E-state index contributed by atoms with van der Waals surface area (Å²) in [4.78, 5) is 26.5. The van der Waals surface area contributed by atoms with E-state index >= 15 is 0 Å². The van der Waals surface area contributed by atoms with Gasteiger partial charge in [-0.1, -0.05) is 12.1 Å². The van der Waals surface area contributed by atoms with Gasteiger partial charge in [0.15, 0.2) is 23.0 Å². The molecule has 0 aliphatic heterocycles. The van der Waals surface area contributed by atoms with Gasteiger partial charge in [0.05, 0.1) is 6.10 Å². The maximum absolute atomic E-state index is 12.6. The molecule has 4 N–H and O–H groups in total. The second-order valence-electron chi connectivity index (χ2n) is 7.06. The molecule has 2 aromatic carbocycles. The number of hydrogen-bond donors (Lipinski definition) is 4. The first-order chi connectivity index (χ1) is 14.1. The van der Waals surface area contributed by atoms with E-state index in [9.17, 15) is 30.0 Å². The molecule has 0 aliphatic rings. The lowest BCUT2D eigenvalue weighted by Crippen LogP contribution is -2.44. The Bertz CT molecular complexity index is 952. The highest BCUT2D eigenvalue weighted by molar-refractivity contribution is 5.94. The van der Waals surface area contributed by atoms with Crippen LogP contribution in [0.4, 0.5) is 0 Å². The van der Waals surface area contributed by atoms with Crippen LogP contribution in [0.1, 0.15) is 25.0 Å². The molecule has 2 rings (SSSR count). The monoisotopic (exact) mass is 415 g/mol. The summed E-state index contributed by atoms with van der Waals surface area (Å²) in [5.41, 5.74) is 1.01. The van der Waals surface area contributed by atoms with Crippen LogP contribution in [-0.4, -0.2) is 56.4 Å². The Morgan fingerprint density at radius 2 is 1.57 bits per heavy atom. The summed E-state index contributed by atoms with van der Waals surface area (Å²) in [7, 11) is 1.45. The number of phenols is 4. The standard InChI is InChI=1S/C22H25NO7/c1-13(2)30-22(29)16(10-15-5-8-18(25)20(27)12-15)23(3)21(28)9-6-14-4-7-17(24)19(26)11-14/h4-9,11-13,16,24-27H,10H2,1-3H3/b9-6+/t16-/m0/s1. The maximum Gasteiger partial charge on any atom is 0.329 e. The highest BCUT2D eigenvalue weighted by Crippen LogP contribution is 2.27. The molecule has 1 atom stereocenters. The predicted molar refractivity (Wildman–Crippen MR) is 110 cm³/mol. The second-order valence-corrected chi connectivity index (χ2v) is 7.06. The van der Waals surface area contributed by atoms with Crippen LogP contribution in [0.15, 0.2) is 42.5 Å². The minimum Gasteiger partial charge on any atom is -0.504 e. The SMILES string of the molecule is CC(C)OC(=O)[C@H](Cc1ccc(O)c(O)c1)N(C)C(=O)/C=C/c1ccc(O)c(O)c1. The Hall–Kier alpha value is -3.68. The van der Waals surface area contributed by atoms with Gasteiger partial charge in [-0.3, -0.25) is 4.79 Å². The average molecular weight is 415 g/mol. The minimum absolute atomic E-state index is 0.0650. The van der Waals surface area contributed by atoms with E-state index in [1.54, 1.807) is 13.8 Å². The number of rotatable bonds is 7. The average Bonchev–Trinajstić information content (AvgIpc) is 2.68. The van der Waals surface area contributed by atoms with E-state index < -0.39 is 17.9 Å². The molecule has 8 heteroatoms. The van der Waals surface area contributed by atoms with E-state index in [0.29, 0.717) is 11.1 Å². The van der Waals surface area contributed by atoms with Gasteiger partial charge in [-0.15, -0.1) is 0 Å².